The van der Waals surface area contributed by atoms with E-state index in [1.807, 2.05) is 41.3 Å². The molecule has 0 aliphatic carbocycles. The third kappa shape index (κ3) is 3.49. The van der Waals surface area contributed by atoms with Gasteiger partial charge in [-0.05, 0) is 18.2 Å². The summed E-state index contributed by atoms with van der Waals surface area (Å²) in [6.45, 7) is 3.29. The molecule has 3 rings (SSSR count). The van der Waals surface area contributed by atoms with E-state index >= 15 is 0 Å². The fourth-order valence-corrected chi connectivity index (χ4v) is 2.43. The lowest BCUT2D eigenvalue weighted by Gasteiger charge is -2.26. The van der Waals surface area contributed by atoms with Gasteiger partial charge in [0.1, 0.15) is 5.82 Å². The highest BCUT2D eigenvalue weighted by atomic mass is 16.5. The second kappa shape index (κ2) is 6.54. The number of amides is 1. The summed E-state index contributed by atoms with van der Waals surface area (Å²) < 4.78 is 5.25. The van der Waals surface area contributed by atoms with Gasteiger partial charge in [-0.15, -0.1) is 0 Å². The van der Waals surface area contributed by atoms with Crippen LogP contribution in [-0.4, -0.2) is 48.6 Å². The number of nitrogens with zero attached hydrogens (tertiary/aromatic N) is 2. The number of anilines is 1. The number of hydrogen-bond donors (Lipinski definition) is 1. The van der Waals surface area contributed by atoms with Crippen LogP contribution in [0.1, 0.15) is 6.42 Å². The molecule has 1 aromatic carbocycles. The maximum Gasteiger partial charge on any atom is 0.224 e. The van der Waals surface area contributed by atoms with Gasteiger partial charge < -0.3 is 15.0 Å². The Labute approximate surface area is 123 Å². The van der Waals surface area contributed by atoms with Crippen LogP contribution in [-0.2, 0) is 9.53 Å². The first-order valence-corrected chi connectivity index (χ1v) is 7.28. The van der Waals surface area contributed by atoms with E-state index in [1.165, 1.54) is 0 Å². The van der Waals surface area contributed by atoms with Crippen LogP contribution in [0.25, 0.3) is 10.9 Å². The largest absolute Gasteiger partial charge is 0.378 e. The fourth-order valence-electron chi connectivity index (χ4n) is 2.43. The number of hydrogen-bond acceptors (Lipinski definition) is 4. The Morgan fingerprint density at radius 1 is 1.19 bits per heavy atom. The highest BCUT2D eigenvalue weighted by molar-refractivity contribution is 5.80. The summed E-state index contributed by atoms with van der Waals surface area (Å²) in [5.74, 6) is 0.982. The minimum atomic E-state index is 0.173. The van der Waals surface area contributed by atoms with Crippen molar-refractivity contribution in [1.82, 2.24) is 9.88 Å². The molecule has 1 aliphatic rings. The van der Waals surface area contributed by atoms with Crippen molar-refractivity contribution in [3.8, 4) is 0 Å². The summed E-state index contributed by atoms with van der Waals surface area (Å²) >= 11 is 0. The molecule has 1 amide bonds. The molecule has 2 aromatic rings. The van der Waals surface area contributed by atoms with E-state index in [4.69, 9.17) is 4.74 Å². The maximum absolute atomic E-state index is 12.0. The Morgan fingerprint density at radius 3 is 2.86 bits per heavy atom. The third-order valence-electron chi connectivity index (χ3n) is 3.61. The summed E-state index contributed by atoms with van der Waals surface area (Å²) in [5, 5.41) is 4.33. The Bertz CT molecular complexity index is 624. The van der Waals surface area contributed by atoms with E-state index < -0.39 is 0 Å². The zero-order valence-electron chi connectivity index (χ0n) is 11.9. The van der Waals surface area contributed by atoms with Crippen LogP contribution >= 0.6 is 0 Å². The summed E-state index contributed by atoms with van der Waals surface area (Å²) in [5.41, 5.74) is 0.960. The average Bonchev–Trinajstić information content (AvgIpc) is 2.55. The van der Waals surface area contributed by atoms with E-state index in [1.54, 1.807) is 0 Å². The van der Waals surface area contributed by atoms with Crippen LogP contribution in [0.5, 0.6) is 0 Å². The predicted octanol–water partition coefficient (Wildman–Crippen LogP) is 1.90. The quantitative estimate of drug-likeness (QED) is 0.932. The summed E-state index contributed by atoms with van der Waals surface area (Å²) in [7, 11) is 0. The molecule has 0 radical (unpaired) electrons. The number of benzene rings is 1. The Kier molecular flexibility index (Phi) is 4.31. The van der Waals surface area contributed by atoms with Crippen molar-refractivity contribution in [3.63, 3.8) is 0 Å². The molecule has 1 fully saturated rings. The lowest BCUT2D eigenvalue weighted by Crippen LogP contribution is -2.41. The topological polar surface area (TPSA) is 54.5 Å². The van der Waals surface area contributed by atoms with Crippen LogP contribution in [0.4, 0.5) is 5.82 Å². The number of fused-ring (bicyclic) bond motifs is 1. The zero-order chi connectivity index (χ0) is 14.5. The van der Waals surface area contributed by atoms with Crippen molar-refractivity contribution < 1.29 is 9.53 Å². The van der Waals surface area contributed by atoms with Crippen LogP contribution in [0.2, 0.25) is 0 Å². The molecule has 0 saturated carbocycles. The first kappa shape index (κ1) is 13.8. The zero-order valence-corrected chi connectivity index (χ0v) is 11.9. The number of aromatic nitrogens is 1. The predicted molar refractivity (Wildman–Crippen MR) is 82.2 cm³/mol. The molecular formula is C16H19N3O2. The molecule has 0 atom stereocenters. The van der Waals surface area contributed by atoms with Gasteiger partial charge in [-0.3, -0.25) is 4.79 Å². The van der Waals surface area contributed by atoms with Crippen LogP contribution in [0.3, 0.4) is 0 Å². The number of rotatable bonds is 4. The molecule has 5 heteroatoms. The van der Waals surface area contributed by atoms with Gasteiger partial charge in [0.05, 0.1) is 18.7 Å². The van der Waals surface area contributed by atoms with Crippen molar-refractivity contribution in [2.75, 3.05) is 38.2 Å². The van der Waals surface area contributed by atoms with Gasteiger partial charge in [-0.1, -0.05) is 18.2 Å². The number of carbonyl (C=O) groups is 1. The number of pyridine rings is 1. The first-order valence-electron chi connectivity index (χ1n) is 7.28. The lowest BCUT2D eigenvalue weighted by molar-refractivity contribution is -0.134. The SMILES string of the molecule is O=C(CCNc1ccc2ccccc2n1)N1CCOCC1. The summed E-state index contributed by atoms with van der Waals surface area (Å²) in [4.78, 5) is 18.4. The van der Waals surface area contributed by atoms with Crippen molar-refractivity contribution in [1.29, 1.82) is 0 Å². The fraction of sp³-hybridized carbons (Fsp3) is 0.375. The molecule has 2 heterocycles. The third-order valence-corrected chi connectivity index (χ3v) is 3.61. The minimum absolute atomic E-state index is 0.173. The Hall–Kier alpha value is -2.14. The Morgan fingerprint density at radius 2 is 2.00 bits per heavy atom. The van der Waals surface area contributed by atoms with E-state index in [-0.39, 0.29) is 5.91 Å². The van der Waals surface area contributed by atoms with Crippen molar-refractivity contribution >= 4 is 22.6 Å². The molecule has 1 aliphatic heterocycles. The van der Waals surface area contributed by atoms with E-state index in [0.29, 0.717) is 39.3 Å². The molecule has 1 N–H and O–H groups in total. The molecule has 110 valence electrons. The Balaban J connectivity index is 1.53. The second-order valence-electron chi connectivity index (χ2n) is 5.06. The van der Waals surface area contributed by atoms with Crippen LogP contribution in [0, 0.1) is 0 Å². The molecule has 0 unspecified atom stereocenters. The van der Waals surface area contributed by atoms with Crippen LogP contribution < -0.4 is 5.32 Å². The van der Waals surface area contributed by atoms with Crippen molar-refractivity contribution in [2.24, 2.45) is 0 Å². The molecule has 21 heavy (non-hydrogen) atoms. The van der Waals surface area contributed by atoms with E-state index in [0.717, 1.165) is 16.7 Å². The molecule has 1 saturated heterocycles. The second-order valence-corrected chi connectivity index (χ2v) is 5.06. The molecule has 0 spiro atoms. The average molecular weight is 285 g/mol. The smallest absolute Gasteiger partial charge is 0.224 e. The van der Waals surface area contributed by atoms with E-state index in [2.05, 4.69) is 10.3 Å². The monoisotopic (exact) mass is 285 g/mol. The van der Waals surface area contributed by atoms with Gasteiger partial charge in [0.2, 0.25) is 5.91 Å². The van der Waals surface area contributed by atoms with Gasteiger partial charge in [0.15, 0.2) is 0 Å². The lowest BCUT2D eigenvalue weighted by atomic mass is 10.2. The highest BCUT2D eigenvalue weighted by Crippen LogP contribution is 2.14. The number of nitrogens with one attached hydrogen (secondary N) is 1. The van der Waals surface area contributed by atoms with Gasteiger partial charge in [0.25, 0.3) is 0 Å². The van der Waals surface area contributed by atoms with Gasteiger partial charge in [-0.25, -0.2) is 4.98 Å². The minimum Gasteiger partial charge on any atom is -0.378 e. The number of carbonyl (C=O) groups excluding carboxylic acids is 1. The first-order chi connectivity index (χ1) is 10.3. The molecule has 0 bridgehead atoms. The summed E-state index contributed by atoms with van der Waals surface area (Å²) in [6.07, 6.45) is 0.481. The molecule has 1 aromatic heterocycles. The maximum atomic E-state index is 12.0. The molecule has 5 nitrogen and oxygen atoms in total. The number of para-hydroxylation sites is 1. The van der Waals surface area contributed by atoms with Gasteiger partial charge in [0, 0.05) is 31.4 Å². The van der Waals surface area contributed by atoms with Crippen molar-refractivity contribution in [2.45, 2.75) is 6.42 Å². The highest BCUT2D eigenvalue weighted by Gasteiger charge is 2.15. The molecular weight excluding hydrogens is 266 g/mol. The van der Waals surface area contributed by atoms with Gasteiger partial charge in [-0.2, -0.15) is 0 Å². The normalized spacial score (nSPS) is 15.1. The van der Waals surface area contributed by atoms with Crippen LogP contribution in [0.15, 0.2) is 36.4 Å². The standard InChI is InChI=1S/C16H19N3O2/c20-16(19-9-11-21-12-10-19)7-8-17-15-6-5-13-3-1-2-4-14(13)18-15/h1-6H,7-12H2,(H,17,18). The van der Waals surface area contributed by atoms with Gasteiger partial charge >= 0.3 is 0 Å². The number of ether oxygens (including phenoxy) is 1. The summed E-state index contributed by atoms with van der Waals surface area (Å²) in [6, 6.07) is 12.0. The van der Waals surface area contributed by atoms with E-state index in [9.17, 15) is 4.79 Å². The number of morpholine rings is 1. The van der Waals surface area contributed by atoms with Crippen molar-refractivity contribution in [3.05, 3.63) is 36.4 Å².